The molecule has 0 bridgehead atoms. The number of anilines is 2. The average molecular weight is 567 g/mol. The molecule has 1 N–H and O–H groups in total. The summed E-state index contributed by atoms with van der Waals surface area (Å²) >= 11 is 0. The molecule has 41 heavy (non-hydrogen) atoms. The normalized spacial score (nSPS) is 17.1. The number of halogens is 3. The van der Waals surface area contributed by atoms with Crippen LogP contribution in [0.3, 0.4) is 0 Å². The van der Waals surface area contributed by atoms with Gasteiger partial charge in [0.25, 0.3) is 5.56 Å². The quantitative estimate of drug-likeness (QED) is 0.465. The van der Waals surface area contributed by atoms with Crippen molar-refractivity contribution in [3.63, 3.8) is 0 Å². The number of H-pyrrole nitrogens is 1. The zero-order valence-electron chi connectivity index (χ0n) is 22.4. The smallest absolute Gasteiger partial charge is 0.357 e. The molecule has 1 atom stereocenters. The van der Waals surface area contributed by atoms with Crippen molar-refractivity contribution in [1.82, 2.24) is 25.0 Å². The number of carbonyl (C=O) groups excluding carboxylic acids is 1. The highest BCUT2D eigenvalue weighted by Crippen LogP contribution is 2.42. The molecule has 4 heterocycles. The van der Waals surface area contributed by atoms with E-state index in [1.165, 1.54) is 6.20 Å². The van der Waals surface area contributed by atoms with Crippen molar-refractivity contribution in [2.45, 2.75) is 25.2 Å². The summed E-state index contributed by atoms with van der Waals surface area (Å²) in [6.07, 6.45) is -1.99. The second-order valence-corrected chi connectivity index (χ2v) is 10.2. The molecule has 10 nitrogen and oxygen atoms in total. The van der Waals surface area contributed by atoms with Crippen LogP contribution in [0, 0.1) is 11.3 Å². The Balaban J connectivity index is 1.22. The summed E-state index contributed by atoms with van der Waals surface area (Å²) in [5, 5.41) is 14.5. The maximum atomic E-state index is 13.9. The van der Waals surface area contributed by atoms with Crippen LogP contribution in [0.25, 0.3) is 0 Å². The van der Waals surface area contributed by atoms with Crippen LogP contribution in [-0.4, -0.2) is 77.2 Å². The van der Waals surface area contributed by atoms with Crippen molar-refractivity contribution in [1.29, 1.82) is 5.26 Å². The van der Waals surface area contributed by atoms with Crippen molar-refractivity contribution in [2.24, 2.45) is 0 Å². The fourth-order valence-corrected chi connectivity index (χ4v) is 5.45. The van der Waals surface area contributed by atoms with Crippen molar-refractivity contribution in [2.75, 3.05) is 56.1 Å². The maximum Gasteiger partial charge on any atom is 0.423 e. The molecule has 1 fully saturated rings. The number of benzene rings is 1. The lowest BCUT2D eigenvalue weighted by Gasteiger charge is -2.36. The Hall–Kier alpha value is -4.44. The fourth-order valence-electron chi connectivity index (χ4n) is 5.45. The summed E-state index contributed by atoms with van der Waals surface area (Å²) in [6, 6.07) is 12.5. The number of piperazine rings is 1. The van der Waals surface area contributed by atoms with Gasteiger partial charge in [0.15, 0.2) is 0 Å². The molecule has 0 radical (unpaired) electrons. The average Bonchev–Trinajstić information content (AvgIpc) is 3.33. The first-order valence-corrected chi connectivity index (χ1v) is 13.2. The first-order chi connectivity index (χ1) is 19.7. The standard InChI is InChI=1S/C28H29F3N8O2/c1-36(9-8-25(40)38-12-10-37(11-13-38)24-7-6-19(14-32)15-33-24)18-23-21-5-3-2-4-20(21)17-39(23)22-16-34-35-27(41)26(22)28(29,30)31/h2-7,15-16,23H,8-13,17-18H2,1H3,(H,35,41)/t23-/m1/s1. The van der Waals surface area contributed by atoms with Gasteiger partial charge in [0, 0.05) is 58.4 Å². The summed E-state index contributed by atoms with van der Waals surface area (Å²) in [6.45, 7) is 3.32. The number of hydrogen-bond donors (Lipinski definition) is 1. The Bertz CT molecular complexity index is 1490. The maximum absolute atomic E-state index is 13.9. The monoisotopic (exact) mass is 566 g/mol. The van der Waals surface area contributed by atoms with E-state index in [1.54, 1.807) is 17.0 Å². The van der Waals surface area contributed by atoms with Crippen molar-refractivity contribution in [3.05, 3.63) is 81.4 Å². The summed E-state index contributed by atoms with van der Waals surface area (Å²) in [7, 11) is 1.83. The molecule has 1 aromatic carbocycles. The number of aromatic nitrogens is 3. The molecule has 3 aromatic rings. The number of rotatable bonds is 7. The molecule has 1 saturated heterocycles. The molecule has 1 amide bonds. The van der Waals surface area contributed by atoms with Gasteiger partial charge < -0.3 is 19.6 Å². The van der Waals surface area contributed by atoms with Crippen LogP contribution in [0.4, 0.5) is 24.7 Å². The Labute approximate surface area is 234 Å². The number of hydrogen-bond acceptors (Lipinski definition) is 8. The minimum absolute atomic E-state index is 0.00566. The number of nitrogens with one attached hydrogen (secondary N) is 1. The zero-order valence-corrected chi connectivity index (χ0v) is 22.4. The van der Waals surface area contributed by atoms with E-state index in [1.807, 2.05) is 52.3 Å². The second kappa shape index (κ2) is 11.6. The molecule has 0 saturated carbocycles. The zero-order chi connectivity index (χ0) is 29.1. The Kier molecular flexibility index (Phi) is 7.94. The van der Waals surface area contributed by atoms with Gasteiger partial charge in [0.1, 0.15) is 17.5 Å². The number of nitrogens with zero attached hydrogens (tertiary/aromatic N) is 7. The predicted molar refractivity (Wildman–Crippen MR) is 145 cm³/mol. The van der Waals surface area contributed by atoms with Gasteiger partial charge in [-0.2, -0.15) is 23.5 Å². The number of likely N-dealkylation sites (N-methyl/N-ethyl adjacent to an activating group) is 1. The first-order valence-electron chi connectivity index (χ1n) is 13.2. The van der Waals surface area contributed by atoms with Gasteiger partial charge >= 0.3 is 6.18 Å². The number of fused-ring (bicyclic) bond motifs is 1. The van der Waals surface area contributed by atoms with Gasteiger partial charge in [0.2, 0.25) is 5.91 Å². The van der Waals surface area contributed by atoms with E-state index in [-0.39, 0.29) is 24.6 Å². The van der Waals surface area contributed by atoms with E-state index in [2.05, 4.69) is 15.0 Å². The second-order valence-electron chi connectivity index (χ2n) is 10.2. The minimum atomic E-state index is -4.84. The van der Waals surface area contributed by atoms with Crippen LogP contribution >= 0.6 is 0 Å². The molecule has 0 unspecified atom stereocenters. The largest absolute Gasteiger partial charge is 0.423 e. The van der Waals surface area contributed by atoms with Gasteiger partial charge in [-0.05, 0) is 30.3 Å². The van der Waals surface area contributed by atoms with Crippen LogP contribution < -0.4 is 15.4 Å². The third-order valence-corrected chi connectivity index (χ3v) is 7.59. The molecule has 214 valence electrons. The molecule has 13 heteroatoms. The minimum Gasteiger partial charge on any atom is -0.357 e. The van der Waals surface area contributed by atoms with E-state index in [4.69, 9.17) is 5.26 Å². The predicted octanol–water partition coefficient (Wildman–Crippen LogP) is 2.79. The molecular weight excluding hydrogens is 537 g/mol. The number of nitriles is 1. The van der Waals surface area contributed by atoms with Crippen LogP contribution in [-0.2, 0) is 17.5 Å². The third kappa shape index (κ3) is 6.02. The van der Waals surface area contributed by atoms with E-state index >= 15 is 0 Å². The van der Waals surface area contributed by atoms with E-state index in [0.717, 1.165) is 23.1 Å². The summed E-state index contributed by atoms with van der Waals surface area (Å²) in [4.78, 5) is 36.9. The molecule has 2 aromatic heterocycles. The van der Waals surface area contributed by atoms with Crippen LogP contribution in [0.5, 0.6) is 0 Å². The highest BCUT2D eigenvalue weighted by atomic mass is 19.4. The number of aromatic amines is 1. The first kappa shape index (κ1) is 28.1. The molecular formula is C28H29F3N8O2. The Morgan fingerprint density at radius 2 is 1.90 bits per heavy atom. The lowest BCUT2D eigenvalue weighted by Crippen LogP contribution is -2.49. The number of pyridine rings is 1. The van der Waals surface area contributed by atoms with Gasteiger partial charge in [-0.25, -0.2) is 10.1 Å². The van der Waals surface area contributed by atoms with Crippen LogP contribution in [0.15, 0.2) is 53.6 Å². The van der Waals surface area contributed by atoms with Gasteiger partial charge in [-0.1, -0.05) is 24.3 Å². The molecule has 0 aliphatic carbocycles. The lowest BCUT2D eigenvalue weighted by atomic mass is 10.0. The lowest BCUT2D eigenvalue weighted by molar-refractivity contribution is -0.138. The van der Waals surface area contributed by atoms with Gasteiger partial charge in [-0.15, -0.1) is 0 Å². The van der Waals surface area contributed by atoms with E-state index < -0.39 is 23.3 Å². The highest BCUT2D eigenvalue weighted by molar-refractivity contribution is 5.76. The SMILES string of the molecule is CN(CCC(=O)N1CCN(c2ccc(C#N)cn2)CC1)C[C@@H]1c2ccccc2CN1c1cn[nH]c(=O)c1C(F)(F)F. The molecule has 5 rings (SSSR count). The molecule has 0 spiro atoms. The van der Waals surface area contributed by atoms with Crippen molar-refractivity contribution < 1.29 is 18.0 Å². The molecule has 2 aliphatic rings. The van der Waals surface area contributed by atoms with Crippen LogP contribution in [0.1, 0.15) is 34.7 Å². The third-order valence-electron chi connectivity index (χ3n) is 7.59. The van der Waals surface area contributed by atoms with Crippen LogP contribution in [0.2, 0.25) is 0 Å². The number of amides is 1. The van der Waals surface area contributed by atoms with Gasteiger partial charge in [-0.3, -0.25) is 9.59 Å². The Morgan fingerprint density at radius 1 is 1.15 bits per heavy atom. The van der Waals surface area contributed by atoms with E-state index in [0.29, 0.717) is 44.8 Å². The van der Waals surface area contributed by atoms with Gasteiger partial charge in [0.05, 0.1) is 23.5 Å². The number of alkyl halides is 3. The van der Waals surface area contributed by atoms with Crippen molar-refractivity contribution >= 4 is 17.4 Å². The highest BCUT2D eigenvalue weighted by Gasteiger charge is 2.42. The Morgan fingerprint density at radius 3 is 2.59 bits per heavy atom. The van der Waals surface area contributed by atoms with E-state index in [9.17, 15) is 22.8 Å². The topological polar surface area (TPSA) is 112 Å². The fraction of sp³-hybridized carbons (Fsp3) is 0.393. The number of carbonyl (C=O) groups is 1. The summed E-state index contributed by atoms with van der Waals surface area (Å²) in [5.74, 6) is 0.771. The van der Waals surface area contributed by atoms with Crippen molar-refractivity contribution in [3.8, 4) is 6.07 Å². The summed E-state index contributed by atoms with van der Waals surface area (Å²) in [5.41, 5.74) is -0.554. The summed E-state index contributed by atoms with van der Waals surface area (Å²) < 4.78 is 41.6. The molecule has 2 aliphatic heterocycles.